The molecule has 0 atom stereocenters. The van der Waals surface area contributed by atoms with E-state index in [2.05, 4.69) is 4.98 Å². The summed E-state index contributed by atoms with van der Waals surface area (Å²) in [6.45, 7) is 3.15. The Morgan fingerprint density at radius 2 is 2.15 bits per heavy atom. The molecule has 1 N–H and O–H groups in total. The number of aromatic carboxylic acids is 1. The molecule has 0 amide bonds. The number of hydrogen-bond donors (Lipinski definition) is 1. The maximum Gasteiger partial charge on any atom is 0.354 e. The van der Waals surface area contributed by atoms with Crippen molar-refractivity contribution in [2.24, 2.45) is 0 Å². The van der Waals surface area contributed by atoms with Crippen molar-refractivity contribution >= 4 is 11.7 Å². The second-order valence-corrected chi connectivity index (χ2v) is 4.35. The molecule has 0 fully saturated rings. The summed E-state index contributed by atoms with van der Waals surface area (Å²) in [6.07, 6.45) is 1.47. The Morgan fingerprint density at radius 1 is 1.35 bits per heavy atom. The first-order valence-electron chi connectivity index (χ1n) is 6.29. The number of anilines is 1. The van der Waals surface area contributed by atoms with Gasteiger partial charge in [0.05, 0.1) is 0 Å². The third-order valence-electron chi connectivity index (χ3n) is 2.97. The Bertz CT molecular complexity index is 616. The summed E-state index contributed by atoms with van der Waals surface area (Å²) in [5.41, 5.74) is 1.60. The van der Waals surface area contributed by atoms with Crippen LogP contribution >= 0.6 is 0 Å². The highest BCUT2D eigenvalue weighted by Gasteiger charge is 2.09. The third-order valence-corrected chi connectivity index (χ3v) is 2.97. The van der Waals surface area contributed by atoms with Crippen molar-refractivity contribution < 1.29 is 14.3 Å². The fourth-order valence-electron chi connectivity index (χ4n) is 1.97. The number of rotatable bonds is 5. The number of carbonyl (C=O) groups is 1. The van der Waals surface area contributed by atoms with Gasteiger partial charge in [0.1, 0.15) is 11.5 Å². The lowest BCUT2D eigenvalue weighted by molar-refractivity contribution is 0.0690. The maximum atomic E-state index is 13.3. The molecule has 0 aliphatic heterocycles. The van der Waals surface area contributed by atoms with Crippen LogP contribution < -0.4 is 4.90 Å². The molecule has 0 unspecified atom stereocenters. The highest BCUT2D eigenvalue weighted by molar-refractivity contribution is 5.85. The number of hydrogen-bond acceptors (Lipinski definition) is 3. The molecule has 0 aliphatic carbocycles. The fraction of sp³-hybridized carbons (Fsp3) is 0.200. The third kappa shape index (κ3) is 3.32. The predicted octanol–water partition coefficient (Wildman–Crippen LogP) is 2.95. The summed E-state index contributed by atoms with van der Waals surface area (Å²) in [6, 6.07) is 9.63. The summed E-state index contributed by atoms with van der Waals surface area (Å²) in [5, 5.41) is 8.93. The van der Waals surface area contributed by atoms with Gasteiger partial charge in [0, 0.05) is 25.0 Å². The van der Waals surface area contributed by atoms with E-state index in [0.29, 0.717) is 13.1 Å². The first-order valence-corrected chi connectivity index (χ1v) is 6.29. The van der Waals surface area contributed by atoms with Crippen molar-refractivity contribution in [2.75, 3.05) is 11.4 Å². The second kappa shape index (κ2) is 6.14. The van der Waals surface area contributed by atoms with E-state index < -0.39 is 5.97 Å². The standard InChI is InChI=1S/C15H15FN2O2/c1-2-18(13-5-3-4-12(16)9-13)10-11-6-7-17-14(8-11)15(19)20/h3-9H,2,10H2,1H3,(H,19,20). The van der Waals surface area contributed by atoms with Crippen molar-refractivity contribution in [1.82, 2.24) is 4.98 Å². The van der Waals surface area contributed by atoms with Crippen LogP contribution in [0.15, 0.2) is 42.6 Å². The Morgan fingerprint density at radius 3 is 2.80 bits per heavy atom. The Hall–Kier alpha value is -2.43. The number of carboxylic acid groups (broad SMARTS) is 1. The quantitative estimate of drug-likeness (QED) is 0.910. The van der Waals surface area contributed by atoms with Crippen molar-refractivity contribution in [3.05, 3.63) is 59.7 Å². The number of halogens is 1. The second-order valence-electron chi connectivity index (χ2n) is 4.35. The normalized spacial score (nSPS) is 10.3. The van der Waals surface area contributed by atoms with E-state index in [1.165, 1.54) is 24.4 Å². The molecule has 2 rings (SSSR count). The van der Waals surface area contributed by atoms with Crippen LogP contribution in [0, 0.1) is 5.82 Å². The minimum atomic E-state index is -1.05. The van der Waals surface area contributed by atoms with Crippen molar-refractivity contribution in [2.45, 2.75) is 13.5 Å². The van der Waals surface area contributed by atoms with Gasteiger partial charge in [-0.2, -0.15) is 0 Å². The summed E-state index contributed by atoms with van der Waals surface area (Å²) < 4.78 is 13.3. The van der Waals surface area contributed by atoms with E-state index in [1.54, 1.807) is 12.1 Å². The SMILES string of the molecule is CCN(Cc1ccnc(C(=O)O)c1)c1cccc(F)c1. The summed E-state index contributed by atoms with van der Waals surface area (Å²) in [7, 11) is 0. The van der Waals surface area contributed by atoms with E-state index in [4.69, 9.17) is 5.11 Å². The molecule has 20 heavy (non-hydrogen) atoms. The number of nitrogens with zero attached hydrogens (tertiary/aromatic N) is 2. The van der Waals surface area contributed by atoms with Gasteiger partial charge in [-0.15, -0.1) is 0 Å². The van der Waals surface area contributed by atoms with Gasteiger partial charge < -0.3 is 10.0 Å². The van der Waals surface area contributed by atoms with Gasteiger partial charge >= 0.3 is 5.97 Å². The zero-order valence-corrected chi connectivity index (χ0v) is 11.1. The molecular formula is C15H15FN2O2. The van der Waals surface area contributed by atoms with E-state index in [9.17, 15) is 9.18 Å². The maximum absolute atomic E-state index is 13.3. The highest BCUT2D eigenvalue weighted by Crippen LogP contribution is 2.18. The molecule has 0 aliphatic rings. The first-order chi connectivity index (χ1) is 9.60. The van der Waals surface area contributed by atoms with Crippen LogP contribution in [-0.2, 0) is 6.54 Å². The Kier molecular flexibility index (Phi) is 4.30. The number of carboxylic acids is 1. The lowest BCUT2D eigenvalue weighted by atomic mass is 10.2. The Labute approximate surface area is 116 Å². The smallest absolute Gasteiger partial charge is 0.354 e. The minimum absolute atomic E-state index is 0.0118. The van der Waals surface area contributed by atoms with Crippen LogP contribution in [0.2, 0.25) is 0 Å². The molecule has 0 bridgehead atoms. The van der Waals surface area contributed by atoms with Crippen LogP contribution in [0.4, 0.5) is 10.1 Å². The zero-order chi connectivity index (χ0) is 14.5. The van der Waals surface area contributed by atoms with Gasteiger partial charge in [-0.1, -0.05) is 6.07 Å². The van der Waals surface area contributed by atoms with Gasteiger partial charge in [-0.05, 0) is 42.8 Å². The van der Waals surface area contributed by atoms with Crippen LogP contribution in [0.1, 0.15) is 23.0 Å². The average molecular weight is 274 g/mol. The van der Waals surface area contributed by atoms with Gasteiger partial charge in [-0.3, -0.25) is 0 Å². The fourth-order valence-corrected chi connectivity index (χ4v) is 1.97. The minimum Gasteiger partial charge on any atom is -0.477 e. The molecule has 0 radical (unpaired) electrons. The first kappa shape index (κ1) is 14.0. The van der Waals surface area contributed by atoms with E-state index in [0.717, 1.165) is 11.3 Å². The topological polar surface area (TPSA) is 53.4 Å². The van der Waals surface area contributed by atoms with Crippen LogP contribution in [-0.4, -0.2) is 22.6 Å². The van der Waals surface area contributed by atoms with Gasteiger partial charge in [0.25, 0.3) is 0 Å². The number of aromatic nitrogens is 1. The molecule has 0 saturated carbocycles. The van der Waals surface area contributed by atoms with E-state index in [1.807, 2.05) is 17.9 Å². The molecule has 2 aromatic rings. The average Bonchev–Trinajstić information content (AvgIpc) is 2.45. The molecule has 0 spiro atoms. The largest absolute Gasteiger partial charge is 0.477 e. The lowest BCUT2D eigenvalue weighted by Crippen LogP contribution is -2.22. The Balaban J connectivity index is 2.22. The van der Waals surface area contributed by atoms with Gasteiger partial charge in [0.15, 0.2) is 0 Å². The molecular weight excluding hydrogens is 259 g/mol. The molecule has 0 saturated heterocycles. The highest BCUT2D eigenvalue weighted by atomic mass is 19.1. The monoisotopic (exact) mass is 274 g/mol. The van der Waals surface area contributed by atoms with E-state index >= 15 is 0 Å². The molecule has 5 heteroatoms. The number of pyridine rings is 1. The van der Waals surface area contributed by atoms with Gasteiger partial charge in [-0.25, -0.2) is 14.2 Å². The summed E-state index contributed by atoms with van der Waals surface area (Å²) >= 11 is 0. The molecule has 1 heterocycles. The van der Waals surface area contributed by atoms with Crippen LogP contribution in [0.3, 0.4) is 0 Å². The molecule has 1 aromatic carbocycles. The van der Waals surface area contributed by atoms with Crippen LogP contribution in [0.25, 0.3) is 0 Å². The number of benzene rings is 1. The van der Waals surface area contributed by atoms with Crippen LogP contribution in [0.5, 0.6) is 0 Å². The summed E-state index contributed by atoms with van der Waals surface area (Å²) in [4.78, 5) is 16.6. The summed E-state index contributed by atoms with van der Waals surface area (Å²) in [5.74, 6) is -1.34. The molecule has 1 aromatic heterocycles. The van der Waals surface area contributed by atoms with Crippen molar-refractivity contribution in [1.29, 1.82) is 0 Å². The molecule has 104 valence electrons. The van der Waals surface area contributed by atoms with Crippen molar-refractivity contribution in [3.63, 3.8) is 0 Å². The predicted molar refractivity (Wildman–Crippen MR) is 74.3 cm³/mol. The molecule has 4 nitrogen and oxygen atoms in total. The van der Waals surface area contributed by atoms with Gasteiger partial charge in [0.2, 0.25) is 0 Å². The lowest BCUT2D eigenvalue weighted by Gasteiger charge is -2.23. The van der Waals surface area contributed by atoms with E-state index in [-0.39, 0.29) is 11.5 Å². The zero-order valence-electron chi connectivity index (χ0n) is 11.1. The van der Waals surface area contributed by atoms with Crippen molar-refractivity contribution in [3.8, 4) is 0 Å².